The number of nitrogens with one attached hydrogen (secondary N) is 1. The Bertz CT molecular complexity index is 914. The van der Waals surface area contributed by atoms with Crippen molar-refractivity contribution in [2.24, 2.45) is 5.92 Å². The molecule has 1 saturated heterocycles. The molecule has 0 atom stereocenters. The number of halogens is 1. The standard InChI is InChI=1S/C22H23FN2O4S/c23-16-1-4-18(5-2-16)30-12-9-21(26)25-10-7-15(8-11-25)22(27)24-17-3-6-19-20(13-17)29-14-28-19/h1-6,13,15H,7-12,14H2,(H,24,27). The molecule has 2 heterocycles. The van der Waals surface area contributed by atoms with Gasteiger partial charge in [0, 0.05) is 47.8 Å². The van der Waals surface area contributed by atoms with Crippen molar-refractivity contribution in [2.45, 2.75) is 24.2 Å². The first-order valence-electron chi connectivity index (χ1n) is 9.95. The van der Waals surface area contributed by atoms with Crippen LogP contribution in [0.4, 0.5) is 10.1 Å². The minimum Gasteiger partial charge on any atom is -0.454 e. The third-order valence-electron chi connectivity index (χ3n) is 5.26. The van der Waals surface area contributed by atoms with Crippen LogP contribution < -0.4 is 14.8 Å². The number of carbonyl (C=O) groups is 2. The van der Waals surface area contributed by atoms with Gasteiger partial charge in [-0.05, 0) is 49.2 Å². The van der Waals surface area contributed by atoms with Crippen molar-refractivity contribution in [3.8, 4) is 11.5 Å². The number of hydrogen-bond donors (Lipinski definition) is 1. The van der Waals surface area contributed by atoms with E-state index in [4.69, 9.17) is 9.47 Å². The first-order chi connectivity index (χ1) is 14.6. The molecule has 0 aromatic heterocycles. The van der Waals surface area contributed by atoms with Gasteiger partial charge in [-0.3, -0.25) is 9.59 Å². The van der Waals surface area contributed by atoms with E-state index in [0.717, 1.165) is 4.90 Å². The van der Waals surface area contributed by atoms with Crippen molar-refractivity contribution in [1.82, 2.24) is 4.90 Å². The molecule has 2 aliphatic rings. The van der Waals surface area contributed by atoms with Crippen LogP contribution in [0, 0.1) is 11.7 Å². The quantitative estimate of drug-likeness (QED) is 0.704. The normalized spacial score (nSPS) is 15.8. The Morgan fingerprint density at radius 3 is 2.57 bits per heavy atom. The van der Waals surface area contributed by atoms with Crippen molar-refractivity contribution in [1.29, 1.82) is 0 Å². The Morgan fingerprint density at radius 2 is 1.80 bits per heavy atom. The molecule has 1 N–H and O–H groups in total. The number of ether oxygens (including phenoxy) is 2. The number of benzene rings is 2. The predicted molar refractivity (Wildman–Crippen MR) is 112 cm³/mol. The van der Waals surface area contributed by atoms with E-state index in [0.29, 0.717) is 55.3 Å². The molecule has 2 aromatic rings. The number of rotatable bonds is 6. The molecule has 6 nitrogen and oxygen atoms in total. The summed E-state index contributed by atoms with van der Waals surface area (Å²) >= 11 is 1.54. The summed E-state index contributed by atoms with van der Waals surface area (Å²) in [6, 6.07) is 11.6. The van der Waals surface area contributed by atoms with E-state index >= 15 is 0 Å². The highest BCUT2D eigenvalue weighted by atomic mass is 32.2. The van der Waals surface area contributed by atoms with Gasteiger partial charge in [-0.2, -0.15) is 0 Å². The van der Waals surface area contributed by atoms with Gasteiger partial charge in [0.05, 0.1) is 0 Å². The molecule has 0 saturated carbocycles. The number of thioether (sulfide) groups is 1. The van der Waals surface area contributed by atoms with Crippen molar-refractivity contribution < 1.29 is 23.5 Å². The van der Waals surface area contributed by atoms with Gasteiger partial charge in [-0.25, -0.2) is 4.39 Å². The van der Waals surface area contributed by atoms with E-state index in [1.807, 2.05) is 4.90 Å². The summed E-state index contributed by atoms with van der Waals surface area (Å²) in [5, 5.41) is 2.93. The van der Waals surface area contributed by atoms with Gasteiger partial charge in [0.25, 0.3) is 0 Å². The lowest BCUT2D eigenvalue weighted by molar-refractivity contribution is -0.134. The average molecular weight is 431 g/mol. The van der Waals surface area contributed by atoms with E-state index in [-0.39, 0.29) is 30.3 Å². The molecule has 0 aliphatic carbocycles. The van der Waals surface area contributed by atoms with Crippen LogP contribution in [0.25, 0.3) is 0 Å². The van der Waals surface area contributed by atoms with Crippen molar-refractivity contribution in [3.05, 3.63) is 48.3 Å². The fourth-order valence-electron chi connectivity index (χ4n) is 3.55. The predicted octanol–water partition coefficient (Wildman–Crippen LogP) is 3.91. The molecule has 1 fully saturated rings. The monoisotopic (exact) mass is 430 g/mol. The lowest BCUT2D eigenvalue weighted by atomic mass is 9.95. The summed E-state index contributed by atoms with van der Waals surface area (Å²) in [4.78, 5) is 27.8. The highest BCUT2D eigenvalue weighted by Gasteiger charge is 2.27. The van der Waals surface area contributed by atoms with Crippen LogP contribution in [0.3, 0.4) is 0 Å². The Hall–Kier alpha value is -2.74. The van der Waals surface area contributed by atoms with Crippen LogP contribution in [-0.2, 0) is 9.59 Å². The number of piperidine rings is 1. The van der Waals surface area contributed by atoms with Crippen LogP contribution in [0.15, 0.2) is 47.4 Å². The molecule has 8 heteroatoms. The van der Waals surface area contributed by atoms with Crippen molar-refractivity contribution in [3.63, 3.8) is 0 Å². The van der Waals surface area contributed by atoms with Crippen LogP contribution in [0.5, 0.6) is 11.5 Å². The topological polar surface area (TPSA) is 67.9 Å². The van der Waals surface area contributed by atoms with Crippen LogP contribution in [-0.4, -0.2) is 42.3 Å². The Kier molecular flexibility index (Phi) is 6.42. The largest absolute Gasteiger partial charge is 0.454 e. The van der Waals surface area contributed by atoms with E-state index in [1.54, 1.807) is 30.3 Å². The average Bonchev–Trinajstić information content (AvgIpc) is 3.23. The minimum atomic E-state index is -0.263. The van der Waals surface area contributed by atoms with Gasteiger partial charge < -0.3 is 19.7 Å². The summed E-state index contributed by atoms with van der Waals surface area (Å²) in [5.74, 6) is 1.64. The fourth-order valence-corrected chi connectivity index (χ4v) is 4.40. The second-order valence-corrected chi connectivity index (χ2v) is 8.43. The SMILES string of the molecule is O=C(Nc1ccc2c(c1)OCO2)C1CCN(C(=O)CCSc2ccc(F)cc2)CC1. The number of fused-ring (bicyclic) bond motifs is 1. The Labute approximate surface area is 178 Å². The highest BCUT2D eigenvalue weighted by Crippen LogP contribution is 2.34. The second kappa shape index (κ2) is 9.38. The smallest absolute Gasteiger partial charge is 0.231 e. The maximum atomic E-state index is 12.9. The third-order valence-corrected chi connectivity index (χ3v) is 6.27. The Balaban J connectivity index is 1.19. The van der Waals surface area contributed by atoms with Crippen LogP contribution in [0.1, 0.15) is 19.3 Å². The summed E-state index contributed by atoms with van der Waals surface area (Å²) in [6.45, 7) is 1.36. The van der Waals surface area contributed by atoms with Gasteiger partial charge >= 0.3 is 0 Å². The summed E-state index contributed by atoms with van der Waals surface area (Å²) in [7, 11) is 0. The molecule has 2 aromatic carbocycles. The molecule has 0 bridgehead atoms. The summed E-state index contributed by atoms with van der Waals surface area (Å²) in [6.07, 6.45) is 1.72. The maximum Gasteiger partial charge on any atom is 0.231 e. The van der Waals surface area contributed by atoms with Crippen molar-refractivity contribution >= 4 is 29.3 Å². The maximum absolute atomic E-state index is 12.9. The van der Waals surface area contributed by atoms with E-state index in [1.165, 1.54) is 23.9 Å². The molecule has 2 aliphatic heterocycles. The zero-order valence-electron chi connectivity index (χ0n) is 16.4. The zero-order chi connectivity index (χ0) is 20.9. The number of hydrogen-bond acceptors (Lipinski definition) is 5. The molecule has 0 radical (unpaired) electrons. The minimum absolute atomic E-state index is 0.0344. The molecule has 0 unspecified atom stereocenters. The number of amides is 2. The molecular formula is C22H23FN2O4S. The van der Waals surface area contributed by atoms with Gasteiger partial charge in [-0.1, -0.05) is 0 Å². The number of likely N-dealkylation sites (tertiary alicyclic amines) is 1. The second-order valence-electron chi connectivity index (χ2n) is 7.26. The van der Waals surface area contributed by atoms with E-state index < -0.39 is 0 Å². The molecular weight excluding hydrogens is 407 g/mol. The lowest BCUT2D eigenvalue weighted by Crippen LogP contribution is -2.41. The molecule has 2 amide bonds. The zero-order valence-corrected chi connectivity index (χ0v) is 17.3. The number of nitrogens with zero attached hydrogens (tertiary/aromatic N) is 1. The van der Waals surface area contributed by atoms with Crippen LogP contribution in [0.2, 0.25) is 0 Å². The van der Waals surface area contributed by atoms with Crippen LogP contribution >= 0.6 is 11.8 Å². The van der Waals surface area contributed by atoms with Gasteiger partial charge in [-0.15, -0.1) is 11.8 Å². The fraction of sp³-hybridized carbons (Fsp3) is 0.364. The lowest BCUT2D eigenvalue weighted by Gasteiger charge is -2.31. The van der Waals surface area contributed by atoms with E-state index in [9.17, 15) is 14.0 Å². The number of carbonyl (C=O) groups excluding carboxylic acids is 2. The summed E-state index contributed by atoms with van der Waals surface area (Å²) < 4.78 is 23.5. The van der Waals surface area contributed by atoms with Gasteiger partial charge in [0.15, 0.2) is 11.5 Å². The first kappa shape index (κ1) is 20.5. The third kappa shape index (κ3) is 5.05. The highest BCUT2D eigenvalue weighted by molar-refractivity contribution is 7.99. The van der Waals surface area contributed by atoms with Crippen molar-refractivity contribution in [2.75, 3.05) is 31.0 Å². The summed E-state index contributed by atoms with van der Waals surface area (Å²) in [5.41, 5.74) is 0.681. The first-order valence-corrected chi connectivity index (χ1v) is 10.9. The van der Waals surface area contributed by atoms with Gasteiger partial charge in [0.1, 0.15) is 5.82 Å². The molecule has 30 heavy (non-hydrogen) atoms. The molecule has 4 rings (SSSR count). The Morgan fingerprint density at radius 1 is 1.07 bits per heavy atom. The molecule has 158 valence electrons. The van der Waals surface area contributed by atoms with Gasteiger partial charge in [0.2, 0.25) is 18.6 Å². The van der Waals surface area contributed by atoms with E-state index in [2.05, 4.69) is 5.32 Å². The molecule has 0 spiro atoms. The number of anilines is 1.